The predicted octanol–water partition coefficient (Wildman–Crippen LogP) is 7.08. The van der Waals surface area contributed by atoms with Crippen LogP contribution in [0.5, 0.6) is 0 Å². The monoisotopic (exact) mass is 382 g/mol. The molecule has 0 aliphatic carbocycles. The summed E-state index contributed by atoms with van der Waals surface area (Å²) >= 11 is 23.4. The molecule has 0 fully saturated rings. The van der Waals surface area contributed by atoms with E-state index in [1.807, 2.05) is 13.8 Å². The lowest BCUT2D eigenvalue weighted by Crippen LogP contribution is -1.86. The van der Waals surface area contributed by atoms with E-state index in [0.29, 0.717) is 22.9 Å². The van der Waals surface area contributed by atoms with Crippen LogP contribution in [0, 0.1) is 0 Å². The highest BCUT2D eigenvalue weighted by molar-refractivity contribution is 7.33. The first-order chi connectivity index (χ1) is 9.42. The van der Waals surface area contributed by atoms with E-state index in [1.165, 1.54) is 0 Å². The largest absolute Gasteiger partial charge is 0.420 e. The maximum atomic E-state index is 11.6. The van der Waals surface area contributed by atoms with Crippen molar-refractivity contribution in [2.24, 2.45) is 0 Å². The molecule has 0 bridgehead atoms. The summed E-state index contributed by atoms with van der Waals surface area (Å²) < 4.78 is 21.4. The Labute approximate surface area is 141 Å². The summed E-state index contributed by atoms with van der Waals surface area (Å²) in [6.07, 6.45) is 4.79. The lowest BCUT2D eigenvalue weighted by molar-refractivity contribution is 0.339. The van der Waals surface area contributed by atoms with Crippen LogP contribution >= 0.6 is 54.7 Å². The van der Waals surface area contributed by atoms with Crippen LogP contribution in [0.4, 0.5) is 0 Å². The van der Waals surface area contributed by atoms with Crippen molar-refractivity contribution in [3.05, 3.63) is 20.5 Å². The summed E-state index contributed by atoms with van der Waals surface area (Å²) in [6, 6.07) is 0. The van der Waals surface area contributed by atoms with Gasteiger partial charge in [0.1, 0.15) is 0 Å². The second-order valence-corrected chi connectivity index (χ2v) is 6.53. The first kappa shape index (κ1) is 20.5. The van der Waals surface area contributed by atoms with E-state index in [9.17, 15) is 4.57 Å². The third-order valence-corrected chi connectivity index (χ3v) is 4.80. The third kappa shape index (κ3) is 9.41. The fraction of sp³-hybridized carbons (Fsp3) is 0.667. The summed E-state index contributed by atoms with van der Waals surface area (Å²) in [5, 5.41) is 0.372. The average Bonchev–Trinajstić information content (AvgIpc) is 2.41. The number of hydrogen-bond acceptors (Lipinski definition) is 3. The molecule has 0 aromatic heterocycles. The van der Waals surface area contributed by atoms with Gasteiger partial charge in [0.25, 0.3) is 0 Å². The van der Waals surface area contributed by atoms with Crippen molar-refractivity contribution in [1.82, 2.24) is 0 Å². The molecule has 0 aromatic carbocycles. The second-order valence-electron chi connectivity index (χ2n) is 4.02. The Balaban J connectivity index is 4.41. The Morgan fingerprint density at radius 3 is 1.50 bits per heavy atom. The van der Waals surface area contributed by atoms with Crippen molar-refractivity contribution in [3.8, 4) is 0 Å². The molecule has 0 heterocycles. The Kier molecular flexibility index (Phi) is 12.3. The SMILES string of the molecule is CCCC/C(Cl)=C(/Cl)O[PH](=O)O/C(Cl)=C(/Cl)CCCC. The smallest absolute Gasteiger partial charge is 0.405 e. The summed E-state index contributed by atoms with van der Waals surface area (Å²) in [5.74, 6) is 0. The van der Waals surface area contributed by atoms with Gasteiger partial charge in [0.15, 0.2) is 0 Å². The molecule has 0 aromatic rings. The maximum absolute atomic E-state index is 11.6. The molecule has 0 radical (unpaired) electrons. The lowest BCUT2D eigenvalue weighted by Gasteiger charge is -2.09. The molecular formula is C12H19Cl4O3P. The molecule has 0 unspecified atom stereocenters. The van der Waals surface area contributed by atoms with Crippen LogP contribution < -0.4 is 0 Å². The van der Waals surface area contributed by atoms with Crippen LogP contribution in [-0.2, 0) is 13.6 Å². The molecule has 20 heavy (non-hydrogen) atoms. The van der Waals surface area contributed by atoms with Crippen molar-refractivity contribution < 1.29 is 13.6 Å². The second kappa shape index (κ2) is 12.1. The van der Waals surface area contributed by atoms with E-state index in [1.54, 1.807) is 0 Å². The van der Waals surface area contributed by atoms with E-state index < -0.39 is 8.25 Å². The summed E-state index contributed by atoms with van der Waals surface area (Å²) in [7, 11) is -2.92. The normalized spacial score (nSPS) is 13.9. The van der Waals surface area contributed by atoms with Crippen LogP contribution in [0.15, 0.2) is 20.5 Å². The molecule has 0 rings (SSSR count). The van der Waals surface area contributed by atoms with E-state index in [2.05, 4.69) is 0 Å². The van der Waals surface area contributed by atoms with Gasteiger partial charge >= 0.3 is 8.25 Å². The summed E-state index contributed by atoms with van der Waals surface area (Å²) in [5.41, 5.74) is 0. The molecule has 8 heteroatoms. The third-order valence-electron chi connectivity index (χ3n) is 2.27. The highest BCUT2D eigenvalue weighted by Crippen LogP contribution is 2.38. The quantitative estimate of drug-likeness (QED) is 0.298. The van der Waals surface area contributed by atoms with Gasteiger partial charge in [-0.3, -0.25) is 0 Å². The van der Waals surface area contributed by atoms with Crippen molar-refractivity contribution in [3.63, 3.8) is 0 Å². The van der Waals surface area contributed by atoms with Gasteiger partial charge in [-0.15, -0.1) is 0 Å². The topological polar surface area (TPSA) is 35.5 Å². The van der Waals surface area contributed by atoms with E-state index in [-0.39, 0.29) is 10.4 Å². The van der Waals surface area contributed by atoms with Gasteiger partial charge in [0.2, 0.25) is 10.4 Å². The molecule has 0 aliphatic rings. The van der Waals surface area contributed by atoms with E-state index in [0.717, 1.165) is 25.7 Å². The van der Waals surface area contributed by atoms with Crippen LogP contribution in [0.2, 0.25) is 0 Å². The fourth-order valence-electron chi connectivity index (χ4n) is 1.14. The zero-order valence-corrected chi connectivity index (χ0v) is 15.5. The molecule has 0 N–H and O–H groups in total. The molecule has 0 saturated heterocycles. The summed E-state index contributed by atoms with van der Waals surface area (Å²) in [6.45, 7) is 4.04. The first-order valence-corrected chi connectivity index (χ1v) is 9.13. The highest BCUT2D eigenvalue weighted by Gasteiger charge is 2.12. The molecule has 0 atom stereocenters. The van der Waals surface area contributed by atoms with Crippen LogP contribution in [0.3, 0.4) is 0 Å². The molecule has 0 amide bonds. The minimum absolute atomic E-state index is 0.127. The number of halogens is 4. The first-order valence-electron chi connectivity index (χ1n) is 6.40. The van der Waals surface area contributed by atoms with E-state index in [4.69, 9.17) is 55.5 Å². The Morgan fingerprint density at radius 2 is 1.20 bits per heavy atom. The van der Waals surface area contributed by atoms with Gasteiger partial charge in [-0.05, 0) is 48.9 Å². The van der Waals surface area contributed by atoms with Gasteiger partial charge < -0.3 is 9.05 Å². The predicted molar refractivity (Wildman–Crippen MR) is 87.7 cm³/mol. The molecular weight excluding hydrogens is 365 g/mol. The van der Waals surface area contributed by atoms with Gasteiger partial charge in [0, 0.05) is 0 Å². The Hall–Kier alpha value is 0.470. The lowest BCUT2D eigenvalue weighted by atomic mass is 10.2. The van der Waals surface area contributed by atoms with Crippen molar-refractivity contribution in [1.29, 1.82) is 0 Å². The van der Waals surface area contributed by atoms with E-state index >= 15 is 0 Å². The fourth-order valence-corrected chi connectivity index (χ4v) is 2.76. The van der Waals surface area contributed by atoms with Crippen molar-refractivity contribution in [2.45, 2.75) is 52.4 Å². The molecule has 3 nitrogen and oxygen atoms in total. The minimum atomic E-state index is -2.92. The van der Waals surface area contributed by atoms with Gasteiger partial charge in [-0.1, -0.05) is 49.9 Å². The maximum Gasteiger partial charge on any atom is 0.420 e. The molecule has 118 valence electrons. The number of rotatable bonds is 10. The molecule has 0 spiro atoms. The zero-order chi connectivity index (χ0) is 15.5. The standard InChI is InChI=1S/C12H19Cl4O3P/c1-3-5-7-9(13)11(15)18-20(17)19-12(16)10(14)8-6-4-2/h20H,3-8H2,1-2H3/b11-9+,12-10+. The average molecular weight is 384 g/mol. The van der Waals surface area contributed by atoms with Crippen LogP contribution in [-0.4, -0.2) is 0 Å². The number of allylic oxidation sites excluding steroid dienone is 2. The molecule has 0 saturated carbocycles. The molecule has 0 aliphatic heterocycles. The number of hydrogen-bond donors (Lipinski definition) is 0. The van der Waals surface area contributed by atoms with Gasteiger partial charge in [0.05, 0.1) is 10.1 Å². The number of unbranched alkanes of at least 4 members (excludes halogenated alkanes) is 2. The van der Waals surface area contributed by atoms with Gasteiger partial charge in [-0.2, -0.15) is 0 Å². The van der Waals surface area contributed by atoms with Crippen molar-refractivity contribution >= 4 is 54.7 Å². The Bertz CT molecular complexity index is 349. The van der Waals surface area contributed by atoms with Gasteiger partial charge in [-0.25, -0.2) is 4.57 Å². The highest BCUT2D eigenvalue weighted by atomic mass is 35.5. The Morgan fingerprint density at radius 1 is 0.850 bits per heavy atom. The van der Waals surface area contributed by atoms with Crippen molar-refractivity contribution in [2.75, 3.05) is 0 Å². The zero-order valence-electron chi connectivity index (χ0n) is 11.5. The minimum Gasteiger partial charge on any atom is -0.405 e. The van der Waals surface area contributed by atoms with Crippen LogP contribution in [0.25, 0.3) is 0 Å². The van der Waals surface area contributed by atoms with Crippen LogP contribution in [0.1, 0.15) is 52.4 Å². The summed E-state index contributed by atoms with van der Waals surface area (Å²) in [4.78, 5) is 0.